The summed E-state index contributed by atoms with van der Waals surface area (Å²) in [5.41, 5.74) is 3.63. The summed E-state index contributed by atoms with van der Waals surface area (Å²) in [6, 6.07) is 9.36. The van der Waals surface area contributed by atoms with Gasteiger partial charge in [-0.25, -0.2) is 4.73 Å². The predicted octanol–water partition coefficient (Wildman–Crippen LogP) is 2.42. The van der Waals surface area contributed by atoms with Gasteiger partial charge < -0.3 is 20.0 Å². The van der Waals surface area contributed by atoms with E-state index in [0.29, 0.717) is 49.8 Å². The third-order valence-electron chi connectivity index (χ3n) is 5.43. The molecule has 1 aromatic carbocycles. The smallest absolute Gasteiger partial charge is 0.304 e. The van der Waals surface area contributed by atoms with Crippen LogP contribution in [-0.4, -0.2) is 42.1 Å². The van der Waals surface area contributed by atoms with E-state index in [0.717, 1.165) is 21.4 Å². The van der Waals surface area contributed by atoms with Gasteiger partial charge >= 0.3 is 5.97 Å². The highest BCUT2D eigenvalue weighted by Gasteiger charge is 2.29. The standard InChI is InChI=1S/C23H29N3O5/c1-15-9-16(2)26(30)21(10-15)24-7-4-8-31-20-6-5-17-11-18(13-22(27)28)23(29)25(3)14-19(17)12-20/h5-6,9-10,12,18,24H,4,7-8,11,13-14H2,1-3H3,(H,27,28). The SMILES string of the molecule is Cc1cc(C)[n+]([O-])c(NCCCOc2ccc3c(c2)CN(C)C(=O)C(CC(=O)O)C3)c1. The van der Waals surface area contributed by atoms with Gasteiger partial charge in [0.1, 0.15) is 11.4 Å². The fourth-order valence-corrected chi connectivity index (χ4v) is 3.90. The molecule has 0 radical (unpaired) electrons. The van der Waals surface area contributed by atoms with Crippen molar-refractivity contribution in [1.29, 1.82) is 0 Å². The lowest BCUT2D eigenvalue weighted by atomic mass is 9.94. The number of carboxylic acid groups (broad SMARTS) is 1. The zero-order chi connectivity index (χ0) is 22.5. The number of pyridine rings is 1. The summed E-state index contributed by atoms with van der Waals surface area (Å²) in [5.74, 6) is -0.412. The molecule has 0 spiro atoms. The van der Waals surface area contributed by atoms with Crippen LogP contribution in [0.1, 0.15) is 35.2 Å². The molecule has 2 heterocycles. The summed E-state index contributed by atoms with van der Waals surface area (Å²) in [6.07, 6.45) is 0.959. The van der Waals surface area contributed by atoms with Crippen molar-refractivity contribution >= 4 is 17.7 Å². The number of carbonyl (C=O) groups is 2. The van der Waals surface area contributed by atoms with Crippen molar-refractivity contribution < 1.29 is 24.2 Å². The molecule has 1 aromatic heterocycles. The number of nitrogens with one attached hydrogen (secondary N) is 1. The number of amides is 1. The number of aromatic nitrogens is 1. The minimum Gasteiger partial charge on any atom is -0.710 e. The molecule has 1 aliphatic heterocycles. The highest BCUT2D eigenvalue weighted by atomic mass is 16.5. The second kappa shape index (κ2) is 9.68. The summed E-state index contributed by atoms with van der Waals surface area (Å²) in [6.45, 7) is 5.24. The number of hydrogen-bond donors (Lipinski definition) is 2. The molecule has 2 N–H and O–H groups in total. The first-order valence-corrected chi connectivity index (χ1v) is 10.4. The minimum atomic E-state index is -0.966. The molecule has 1 atom stereocenters. The lowest BCUT2D eigenvalue weighted by molar-refractivity contribution is -0.597. The monoisotopic (exact) mass is 427 g/mol. The van der Waals surface area contributed by atoms with Crippen LogP contribution >= 0.6 is 0 Å². The van der Waals surface area contributed by atoms with Crippen LogP contribution in [0.5, 0.6) is 5.75 Å². The topological polar surface area (TPSA) is 106 Å². The Bertz CT molecular complexity index is 976. The molecule has 8 heteroatoms. The van der Waals surface area contributed by atoms with E-state index in [9.17, 15) is 14.8 Å². The number of anilines is 1. The maximum absolute atomic E-state index is 12.5. The molecule has 2 aromatic rings. The maximum atomic E-state index is 12.5. The average molecular weight is 428 g/mol. The summed E-state index contributed by atoms with van der Waals surface area (Å²) < 4.78 is 6.74. The van der Waals surface area contributed by atoms with Gasteiger partial charge in [-0.15, -0.1) is 0 Å². The number of aryl methyl sites for hydroxylation is 2. The van der Waals surface area contributed by atoms with Crippen LogP contribution in [0.3, 0.4) is 0 Å². The Morgan fingerprint density at radius 2 is 2.06 bits per heavy atom. The van der Waals surface area contributed by atoms with Crippen molar-refractivity contribution in [3.05, 3.63) is 57.9 Å². The largest absolute Gasteiger partial charge is 0.710 e. The van der Waals surface area contributed by atoms with Crippen LogP contribution in [-0.2, 0) is 22.6 Å². The van der Waals surface area contributed by atoms with Gasteiger partial charge in [0.2, 0.25) is 5.91 Å². The van der Waals surface area contributed by atoms with Gasteiger partial charge in [0.25, 0.3) is 5.82 Å². The van der Waals surface area contributed by atoms with E-state index in [1.165, 1.54) is 0 Å². The number of benzene rings is 1. The Morgan fingerprint density at radius 3 is 2.81 bits per heavy atom. The molecule has 166 valence electrons. The quantitative estimate of drug-likeness (QED) is 0.381. The Hall–Kier alpha value is -3.29. The molecule has 3 rings (SSSR count). The highest BCUT2D eigenvalue weighted by molar-refractivity contribution is 5.84. The van der Waals surface area contributed by atoms with Crippen molar-refractivity contribution in [3.63, 3.8) is 0 Å². The second-order valence-electron chi connectivity index (χ2n) is 8.11. The Balaban J connectivity index is 1.55. The number of fused-ring (bicyclic) bond motifs is 1. The number of carbonyl (C=O) groups excluding carboxylic acids is 1. The summed E-state index contributed by atoms with van der Waals surface area (Å²) in [4.78, 5) is 25.1. The molecule has 0 saturated heterocycles. The van der Waals surface area contributed by atoms with E-state index in [1.807, 2.05) is 37.3 Å². The van der Waals surface area contributed by atoms with Gasteiger partial charge in [-0.1, -0.05) is 6.07 Å². The van der Waals surface area contributed by atoms with E-state index in [-0.39, 0.29) is 12.3 Å². The number of rotatable bonds is 8. The van der Waals surface area contributed by atoms with E-state index in [4.69, 9.17) is 9.84 Å². The third-order valence-corrected chi connectivity index (χ3v) is 5.43. The molecule has 0 saturated carbocycles. The molecule has 0 aliphatic carbocycles. The fraction of sp³-hybridized carbons (Fsp3) is 0.435. The molecule has 31 heavy (non-hydrogen) atoms. The maximum Gasteiger partial charge on any atom is 0.304 e. The molecule has 0 bridgehead atoms. The Kier molecular flexibility index (Phi) is 6.99. The number of ether oxygens (including phenoxy) is 1. The van der Waals surface area contributed by atoms with Crippen LogP contribution in [0.25, 0.3) is 0 Å². The van der Waals surface area contributed by atoms with E-state index >= 15 is 0 Å². The lowest BCUT2D eigenvalue weighted by Gasteiger charge is -2.18. The van der Waals surface area contributed by atoms with Crippen LogP contribution in [0.15, 0.2) is 30.3 Å². The third kappa shape index (κ3) is 5.65. The lowest BCUT2D eigenvalue weighted by Crippen LogP contribution is -2.34. The Morgan fingerprint density at radius 1 is 1.29 bits per heavy atom. The zero-order valence-electron chi connectivity index (χ0n) is 18.2. The molecule has 1 unspecified atom stereocenters. The van der Waals surface area contributed by atoms with Crippen molar-refractivity contribution in [2.45, 2.75) is 39.7 Å². The van der Waals surface area contributed by atoms with Crippen LogP contribution in [0, 0.1) is 25.0 Å². The summed E-state index contributed by atoms with van der Waals surface area (Å²) >= 11 is 0. The van der Waals surface area contributed by atoms with Crippen LogP contribution in [0.2, 0.25) is 0 Å². The average Bonchev–Trinajstić information content (AvgIpc) is 2.81. The molecular formula is C23H29N3O5. The van der Waals surface area contributed by atoms with Gasteiger partial charge in [0.05, 0.1) is 25.5 Å². The summed E-state index contributed by atoms with van der Waals surface area (Å²) in [5, 5.41) is 24.3. The number of aliphatic carboxylic acids is 1. The minimum absolute atomic E-state index is 0.144. The van der Waals surface area contributed by atoms with Crippen LogP contribution < -0.4 is 14.8 Å². The van der Waals surface area contributed by atoms with E-state index in [2.05, 4.69) is 5.32 Å². The first-order valence-electron chi connectivity index (χ1n) is 10.4. The predicted molar refractivity (Wildman–Crippen MR) is 116 cm³/mol. The molecular weight excluding hydrogens is 398 g/mol. The van der Waals surface area contributed by atoms with Crippen molar-refractivity contribution in [3.8, 4) is 5.75 Å². The van der Waals surface area contributed by atoms with Crippen LogP contribution in [0.4, 0.5) is 5.82 Å². The van der Waals surface area contributed by atoms with Crippen molar-refractivity contribution in [1.82, 2.24) is 4.90 Å². The first kappa shape index (κ1) is 22.4. The fourth-order valence-electron chi connectivity index (χ4n) is 3.90. The van der Waals surface area contributed by atoms with Gasteiger partial charge in [0, 0.05) is 26.1 Å². The Labute approximate surface area is 182 Å². The normalized spacial score (nSPS) is 15.9. The molecule has 8 nitrogen and oxygen atoms in total. The molecule has 1 aliphatic rings. The highest BCUT2D eigenvalue weighted by Crippen LogP contribution is 2.27. The van der Waals surface area contributed by atoms with Crippen molar-refractivity contribution in [2.75, 3.05) is 25.5 Å². The molecule has 1 amide bonds. The zero-order valence-corrected chi connectivity index (χ0v) is 18.2. The van der Waals surface area contributed by atoms with Gasteiger partial charge in [0.15, 0.2) is 0 Å². The van der Waals surface area contributed by atoms with Gasteiger partial charge in [-0.2, -0.15) is 0 Å². The van der Waals surface area contributed by atoms with Gasteiger partial charge in [-0.3, -0.25) is 14.9 Å². The molecule has 0 fully saturated rings. The van der Waals surface area contributed by atoms with E-state index in [1.54, 1.807) is 18.9 Å². The number of carboxylic acids is 1. The van der Waals surface area contributed by atoms with Gasteiger partial charge in [-0.05, 0) is 55.2 Å². The summed E-state index contributed by atoms with van der Waals surface area (Å²) in [7, 11) is 1.70. The van der Waals surface area contributed by atoms with Crippen molar-refractivity contribution in [2.24, 2.45) is 5.92 Å². The van der Waals surface area contributed by atoms with E-state index < -0.39 is 11.9 Å². The number of hydrogen-bond acceptors (Lipinski definition) is 5. The number of nitrogens with zero attached hydrogens (tertiary/aromatic N) is 2. The first-order chi connectivity index (χ1) is 14.7. The second-order valence-corrected chi connectivity index (χ2v) is 8.11.